The average Bonchev–Trinajstić information content (AvgIpc) is 3.08. The second kappa shape index (κ2) is 17.2. The van der Waals surface area contributed by atoms with Gasteiger partial charge in [-0.3, -0.25) is 0 Å². The van der Waals surface area contributed by atoms with Crippen molar-refractivity contribution in [2.45, 2.75) is 128 Å². The third-order valence-electron chi connectivity index (χ3n) is 10.6. The highest BCUT2D eigenvalue weighted by molar-refractivity contribution is 6.74. The van der Waals surface area contributed by atoms with Crippen molar-refractivity contribution in [2.24, 2.45) is 11.8 Å². The lowest BCUT2D eigenvalue weighted by atomic mass is 9.79. The van der Waals surface area contributed by atoms with Gasteiger partial charge in [0, 0.05) is 6.61 Å². The number of benzene rings is 3. The third-order valence-corrected chi connectivity index (χ3v) is 15.1. The van der Waals surface area contributed by atoms with Crippen LogP contribution in [0, 0.1) is 11.8 Å². The molecule has 3 aromatic rings. The standard InChI is InChI=1S/C41H58O7Si/c1-29-23-34(25-42)24-35(48-49(6,7)41(3,4)5)36(29)47-40-39(45-28-33-21-15-10-16-22-33)38(44-27-32-19-13-9-14-20-32)37(30(2)46-40)43-26-31-17-11-8-12-18-31/h8-22,29-30,34-40,42H,23-28H2,1-7H3/t29-,30-,34+,35+,36+,37+,38+,39-,40-/m0/s1. The average molecular weight is 691 g/mol. The molecule has 0 radical (unpaired) electrons. The molecule has 7 nitrogen and oxygen atoms in total. The highest BCUT2D eigenvalue weighted by Crippen LogP contribution is 2.43. The Hall–Kier alpha value is -2.40. The zero-order valence-corrected chi connectivity index (χ0v) is 31.5. The quantitative estimate of drug-likeness (QED) is 0.171. The minimum atomic E-state index is -2.16. The second-order valence-corrected chi connectivity index (χ2v) is 20.3. The van der Waals surface area contributed by atoms with Crippen LogP contribution in [0.3, 0.4) is 0 Å². The maximum Gasteiger partial charge on any atom is 0.192 e. The molecule has 1 saturated carbocycles. The van der Waals surface area contributed by atoms with Crippen LogP contribution in [0.1, 0.15) is 64.2 Å². The molecule has 0 aromatic heterocycles. The van der Waals surface area contributed by atoms with Gasteiger partial charge in [0.25, 0.3) is 0 Å². The molecule has 0 unspecified atom stereocenters. The molecular formula is C41H58O7Si. The molecule has 3 aromatic carbocycles. The number of aliphatic hydroxyl groups is 1. The van der Waals surface area contributed by atoms with Crippen LogP contribution < -0.4 is 0 Å². The van der Waals surface area contributed by atoms with Gasteiger partial charge in [0.15, 0.2) is 14.6 Å². The summed E-state index contributed by atoms with van der Waals surface area (Å²) in [5.74, 6) is 0.309. The minimum Gasteiger partial charge on any atom is -0.411 e. The topological polar surface area (TPSA) is 75.6 Å². The predicted octanol–water partition coefficient (Wildman–Crippen LogP) is 8.30. The summed E-state index contributed by atoms with van der Waals surface area (Å²) in [4.78, 5) is 0. The van der Waals surface area contributed by atoms with Crippen LogP contribution in [0.5, 0.6) is 0 Å². The molecule has 9 atom stereocenters. The summed E-state index contributed by atoms with van der Waals surface area (Å²) in [6, 6.07) is 30.6. The van der Waals surface area contributed by atoms with Gasteiger partial charge in [0.1, 0.15) is 18.3 Å². The molecule has 8 heteroatoms. The number of hydrogen-bond donors (Lipinski definition) is 1. The molecule has 268 valence electrons. The summed E-state index contributed by atoms with van der Waals surface area (Å²) in [7, 11) is -2.16. The molecule has 0 spiro atoms. The summed E-state index contributed by atoms with van der Waals surface area (Å²) in [6.45, 7) is 16.9. The molecule has 1 heterocycles. The molecule has 1 aliphatic heterocycles. The lowest BCUT2D eigenvalue weighted by Gasteiger charge is -2.50. The van der Waals surface area contributed by atoms with Crippen molar-refractivity contribution in [3.8, 4) is 0 Å². The van der Waals surface area contributed by atoms with Crippen LogP contribution in [0.4, 0.5) is 0 Å². The summed E-state index contributed by atoms with van der Waals surface area (Å²) >= 11 is 0. The van der Waals surface area contributed by atoms with Gasteiger partial charge in [-0.25, -0.2) is 0 Å². The van der Waals surface area contributed by atoms with Crippen LogP contribution in [-0.2, 0) is 47.9 Å². The van der Waals surface area contributed by atoms with E-state index >= 15 is 0 Å². The van der Waals surface area contributed by atoms with E-state index in [9.17, 15) is 5.11 Å². The fraction of sp³-hybridized carbons (Fsp3) is 0.561. The van der Waals surface area contributed by atoms with Crippen LogP contribution in [0.15, 0.2) is 91.0 Å². The summed E-state index contributed by atoms with van der Waals surface area (Å²) in [5, 5.41) is 10.3. The smallest absolute Gasteiger partial charge is 0.192 e. The molecule has 49 heavy (non-hydrogen) atoms. The Balaban J connectivity index is 1.46. The van der Waals surface area contributed by atoms with E-state index in [4.69, 9.17) is 28.1 Å². The molecule has 0 bridgehead atoms. The largest absolute Gasteiger partial charge is 0.411 e. The van der Waals surface area contributed by atoms with Crippen molar-refractivity contribution < 1.29 is 33.2 Å². The van der Waals surface area contributed by atoms with E-state index in [1.165, 1.54) is 0 Å². The van der Waals surface area contributed by atoms with Crippen molar-refractivity contribution in [3.05, 3.63) is 108 Å². The lowest BCUT2D eigenvalue weighted by Crippen LogP contribution is -2.62. The first kappa shape index (κ1) is 37.8. The van der Waals surface area contributed by atoms with Crippen molar-refractivity contribution >= 4 is 8.32 Å². The summed E-state index contributed by atoms with van der Waals surface area (Å²) in [6.07, 6.45) is -1.36. The minimum absolute atomic E-state index is 0.0316. The van der Waals surface area contributed by atoms with Gasteiger partial charge < -0.3 is 33.2 Å². The van der Waals surface area contributed by atoms with E-state index in [2.05, 4.69) is 77.2 Å². The van der Waals surface area contributed by atoms with Crippen LogP contribution in [0.25, 0.3) is 0 Å². The van der Waals surface area contributed by atoms with Crippen LogP contribution in [0.2, 0.25) is 18.1 Å². The van der Waals surface area contributed by atoms with Crippen LogP contribution >= 0.6 is 0 Å². The molecule has 1 saturated heterocycles. The first-order chi connectivity index (χ1) is 23.4. The Kier molecular flexibility index (Phi) is 13.3. The van der Waals surface area contributed by atoms with E-state index in [0.717, 1.165) is 29.5 Å². The normalized spacial score (nSPS) is 29.5. The van der Waals surface area contributed by atoms with Gasteiger partial charge in [0.2, 0.25) is 0 Å². The third kappa shape index (κ3) is 10.1. The summed E-state index contributed by atoms with van der Waals surface area (Å²) in [5.41, 5.74) is 3.21. The number of aliphatic hydroxyl groups excluding tert-OH is 1. The van der Waals surface area contributed by atoms with Crippen molar-refractivity contribution in [1.29, 1.82) is 0 Å². The SMILES string of the molecule is C[C@@H]1O[C@@H](O[C@@H]2[C@@H](C)C[C@@H](CO)C[C@H]2O[Si](C)(C)C(C)(C)C)[C@@H](OCc2ccccc2)[C@H](OCc2ccccc2)[C@@H]1OCc1ccccc1. The van der Waals surface area contributed by atoms with E-state index in [0.29, 0.717) is 19.8 Å². The molecule has 2 fully saturated rings. The van der Waals surface area contributed by atoms with Gasteiger partial charge >= 0.3 is 0 Å². The maximum absolute atomic E-state index is 10.2. The van der Waals surface area contributed by atoms with Crippen LogP contribution in [-0.4, -0.2) is 62.9 Å². The molecule has 2 aliphatic rings. The lowest BCUT2D eigenvalue weighted by molar-refractivity contribution is -0.338. The Morgan fingerprint density at radius 1 is 0.673 bits per heavy atom. The Morgan fingerprint density at radius 2 is 1.14 bits per heavy atom. The fourth-order valence-electron chi connectivity index (χ4n) is 6.76. The molecule has 0 amide bonds. The molecule has 1 aliphatic carbocycles. The number of hydrogen-bond acceptors (Lipinski definition) is 7. The number of rotatable bonds is 14. The van der Waals surface area contributed by atoms with Crippen molar-refractivity contribution in [2.75, 3.05) is 6.61 Å². The van der Waals surface area contributed by atoms with E-state index < -0.39 is 32.9 Å². The molecule has 5 rings (SSSR count). The van der Waals surface area contributed by atoms with Gasteiger partial charge in [-0.2, -0.15) is 0 Å². The van der Waals surface area contributed by atoms with E-state index in [-0.39, 0.29) is 41.8 Å². The van der Waals surface area contributed by atoms with Gasteiger partial charge in [-0.1, -0.05) is 119 Å². The maximum atomic E-state index is 10.2. The fourth-order valence-corrected chi connectivity index (χ4v) is 8.10. The van der Waals surface area contributed by atoms with E-state index in [1.54, 1.807) is 0 Å². The number of ether oxygens (including phenoxy) is 5. The predicted molar refractivity (Wildman–Crippen MR) is 195 cm³/mol. The van der Waals surface area contributed by atoms with Crippen molar-refractivity contribution in [1.82, 2.24) is 0 Å². The zero-order valence-electron chi connectivity index (χ0n) is 30.5. The monoisotopic (exact) mass is 690 g/mol. The summed E-state index contributed by atoms with van der Waals surface area (Å²) < 4.78 is 41.2. The second-order valence-electron chi connectivity index (χ2n) is 15.5. The Bertz CT molecular complexity index is 1380. The first-order valence-corrected chi connectivity index (χ1v) is 20.9. The zero-order chi connectivity index (χ0) is 35.0. The van der Waals surface area contributed by atoms with Crippen molar-refractivity contribution in [3.63, 3.8) is 0 Å². The highest BCUT2D eigenvalue weighted by atomic mass is 28.4. The molecular weight excluding hydrogens is 633 g/mol. The Labute approximate surface area is 295 Å². The molecule has 1 N–H and O–H groups in total. The van der Waals surface area contributed by atoms with Gasteiger partial charge in [-0.15, -0.1) is 0 Å². The highest BCUT2D eigenvalue weighted by Gasteiger charge is 2.51. The van der Waals surface area contributed by atoms with Gasteiger partial charge in [-0.05, 0) is 66.4 Å². The Morgan fingerprint density at radius 3 is 1.61 bits per heavy atom. The van der Waals surface area contributed by atoms with E-state index in [1.807, 2.05) is 61.5 Å². The first-order valence-electron chi connectivity index (χ1n) is 18.0. The van der Waals surface area contributed by atoms with Gasteiger partial charge in [0.05, 0.1) is 38.1 Å².